The van der Waals surface area contributed by atoms with Crippen LogP contribution in [0.1, 0.15) is 127 Å². The summed E-state index contributed by atoms with van der Waals surface area (Å²) in [4.78, 5) is 36.5. The largest absolute Gasteiger partial charge is 0.459 e. The average Bonchev–Trinajstić information content (AvgIpc) is 4.03. The number of ether oxygens (including phenoxy) is 6. The number of oxime groups is 1. The van der Waals surface area contributed by atoms with Crippen LogP contribution in [0.4, 0.5) is 4.79 Å². The second-order valence-electron chi connectivity index (χ2n) is 18.5. The molecule has 7 unspecified atom stereocenters. The van der Waals surface area contributed by atoms with Crippen LogP contribution in [0.3, 0.4) is 0 Å². The Morgan fingerprint density at radius 3 is 2.51 bits per heavy atom. The third-order valence-corrected chi connectivity index (χ3v) is 14.3. The van der Waals surface area contributed by atoms with E-state index in [0.29, 0.717) is 67.0 Å². The summed E-state index contributed by atoms with van der Waals surface area (Å²) < 4.78 is 38.1. The lowest BCUT2D eigenvalue weighted by molar-refractivity contribution is -0.258. The fourth-order valence-corrected chi connectivity index (χ4v) is 11.3. The number of carbonyl (C=O) groups excluding carboxylic acids is 2. The number of nitrogens with zero attached hydrogens (tertiary/aromatic N) is 2. The highest BCUT2D eigenvalue weighted by Crippen LogP contribution is 2.62. The number of amides is 2. The Hall–Kier alpha value is -4.63. The van der Waals surface area contributed by atoms with E-state index in [9.17, 15) is 15.0 Å². The predicted molar refractivity (Wildman–Crippen MR) is 244 cm³/mol. The number of hydrogen-bond donors (Lipinski definition) is 3. The topological polar surface area (TPSA) is 167 Å². The summed E-state index contributed by atoms with van der Waals surface area (Å²) in [5.74, 6) is 0.568. The van der Waals surface area contributed by atoms with Crippen LogP contribution < -0.4 is 24.3 Å². The van der Waals surface area contributed by atoms with E-state index in [4.69, 9.17) is 38.4 Å². The van der Waals surface area contributed by atoms with E-state index in [-0.39, 0.29) is 63.2 Å². The molecule has 354 valence electrons. The number of hydrogen-bond acceptors (Lipinski definition) is 12. The summed E-state index contributed by atoms with van der Waals surface area (Å²) >= 11 is 0. The van der Waals surface area contributed by atoms with Gasteiger partial charge in [-0.15, -0.1) is 6.58 Å². The Balaban J connectivity index is 1.32. The minimum Gasteiger partial charge on any atom is -0.459 e. The van der Waals surface area contributed by atoms with E-state index in [1.165, 1.54) is 12.8 Å². The van der Waals surface area contributed by atoms with Crippen molar-refractivity contribution in [2.45, 2.75) is 140 Å². The smallest absolute Gasteiger partial charge is 0.412 e. The van der Waals surface area contributed by atoms with Gasteiger partial charge in [-0.3, -0.25) is 4.79 Å². The number of nitrogens with one attached hydrogen (secondary N) is 1. The summed E-state index contributed by atoms with van der Waals surface area (Å²) in [7, 11) is 0. The molecule has 1 saturated heterocycles. The molecule has 14 nitrogen and oxygen atoms in total. The Morgan fingerprint density at radius 2 is 1.74 bits per heavy atom. The molecule has 14 heteroatoms. The first-order valence-electron chi connectivity index (χ1n) is 24.3. The third kappa shape index (κ3) is 10.7. The van der Waals surface area contributed by atoms with Gasteiger partial charge in [-0.25, -0.2) is 4.79 Å². The molecule has 3 fully saturated rings. The molecule has 0 radical (unpaired) electrons. The predicted octanol–water partition coefficient (Wildman–Crippen LogP) is 8.68. The average molecular weight is 900 g/mol. The van der Waals surface area contributed by atoms with E-state index < -0.39 is 30.1 Å². The molecule has 2 aromatic rings. The van der Waals surface area contributed by atoms with E-state index in [2.05, 4.69) is 18.0 Å². The molecule has 3 N–H and O–H groups in total. The van der Waals surface area contributed by atoms with Crippen molar-refractivity contribution in [2.75, 3.05) is 39.8 Å². The second-order valence-corrected chi connectivity index (χ2v) is 18.5. The number of fused-ring (bicyclic) bond motifs is 3. The maximum Gasteiger partial charge on any atom is 0.412 e. The van der Waals surface area contributed by atoms with Gasteiger partial charge >= 0.3 is 6.09 Å². The van der Waals surface area contributed by atoms with Crippen molar-refractivity contribution in [2.24, 2.45) is 28.8 Å². The van der Waals surface area contributed by atoms with Crippen LogP contribution in [-0.2, 0) is 25.7 Å². The van der Waals surface area contributed by atoms with Crippen LogP contribution in [0.25, 0.3) is 0 Å². The Kier molecular flexibility index (Phi) is 16.0. The lowest BCUT2D eigenvalue weighted by atomic mass is 9.55. The van der Waals surface area contributed by atoms with Crippen LogP contribution in [0.15, 0.2) is 65.9 Å². The minimum absolute atomic E-state index is 0.00160. The molecule has 8 rings (SSSR count). The maximum atomic E-state index is 15.3. The Morgan fingerprint density at radius 1 is 0.954 bits per heavy atom. The molecule has 3 aliphatic carbocycles. The molecule has 3 heterocycles. The first kappa shape index (κ1) is 46.9. The molecule has 65 heavy (non-hydrogen) atoms. The van der Waals surface area contributed by atoms with Gasteiger partial charge in [0.15, 0.2) is 11.5 Å². The zero-order chi connectivity index (χ0) is 45.2. The lowest BCUT2D eigenvalue weighted by Gasteiger charge is -2.60. The van der Waals surface area contributed by atoms with Gasteiger partial charge in [-0.2, -0.15) is 0 Å². The maximum absolute atomic E-state index is 15.3. The molecule has 2 amide bonds. The summed E-state index contributed by atoms with van der Waals surface area (Å²) in [6, 6.07) is 10.7. The number of carbonyl (C=O) groups is 2. The van der Waals surface area contributed by atoms with E-state index in [1.807, 2.05) is 42.2 Å². The highest BCUT2D eigenvalue weighted by Gasteiger charge is 2.65. The highest BCUT2D eigenvalue weighted by molar-refractivity contribution is 6.03. The number of allylic oxidation sites excluding steroid dienone is 1. The van der Waals surface area contributed by atoms with Crippen molar-refractivity contribution in [3.63, 3.8) is 0 Å². The molecule has 0 aromatic heterocycles. The van der Waals surface area contributed by atoms with Crippen LogP contribution in [0, 0.1) is 23.7 Å². The summed E-state index contributed by atoms with van der Waals surface area (Å²) in [5, 5.41) is 27.8. The molecule has 0 bridgehead atoms. The van der Waals surface area contributed by atoms with Gasteiger partial charge in [-0.1, -0.05) is 61.9 Å². The van der Waals surface area contributed by atoms with E-state index >= 15 is 4.79 Å². The van der Waals surface area contributed by atoms with Crippen molar-refractivity contribution < 1.29 is 53.1 Å². The van der Waals surface area contributed by atoms with Gasteiger partial charge in [0.25, 0.3) is 0 Å². The van der Waals surface area contributed by atoms with Crippen molar-refractivity contribution >= 4 is 17.7 Å². The monoisotopic (exact) mass is 899 g/mol. The van der Waals surface area contributed by atoms with Gasteiger partial charge in [0.1, 0.15) is 17.5 Å². The molecule has 2 saturated carbocycles. The van der Waals surface area contributed by atoms with Crippen LogP contribution in [0.2, 0.25) is 0 Å². The summed E-state index contributed by atoms with van der Waals surface area (Å²) in [5.41, 5.74) is 3.39. The Bertz CT molecular complexity index is 2010. The van der Waals surface area contributed by atoms with E-state index in [1.54, 1.807) is 12.1 Å². The normalized spacial score (nSPS) is 27.2. The van der Waals surface area contributed by atoms with E-state index in [0.717, 1.165) is 80.9 Å². The first-order valence-corrected chi connectivity index (χ1v) is 24.3. The lowest BCUT2D eigenvalue weighted by Crippen LogP contribution is -2.70. The first-order chi connectivity index (χ1) is 31.8. The minimum atomic E-state index is -1.44. The molecule has 0 spiro atoms. The second kappa shape index (κ2) is 22.2. The zero-order valence-corrected chi connectivity index (χ0v) is 38.1. The summed E-state index contributed by atoms with van der Waals surface area (Å²) in [6.45, 7) is 7.63. The fourth-order valence-electron chi connectivity index (χ4n) is 11.3. The SMILES string of the molecule is C=CCOC12Oc3ccc(OC(=O)NCC)cc3C3C(CCCCO)C(CCCCO)C=C(C(=NOC4CCCCO4)CC1N(Cc1ccc4c(c1)OCO4)C(=O)CCC1CCCC1)C32. The number of rotatable bonds is 21. The van der Waals surface area contributed by atoms with Gasteiger partial charge < -0.3 is 53.7 Å². The zero-order valence-electron chi connectivity index (χ0n) is 38.1. The molecule has 3 aliphatic heterocycles. The number of unbranched alkanes of at least 4 members (excludes halogenated alkanes) is 2. The molecule has 2 aromatic carbocycles. The number of benzene rings is 2. The van der Waals surface area contributed by atoms with Gasteiger partial charge in [0.2, 0.25) is 24.8 Å². The van der Waals surface area contributed by atoms with Gasteiger partial charge in [0, 0.05) is 57.0 Å². The van der Waals surface area contributed by atoms with Crippen LogP contribution >= 0.6 is 0 Å². The number of aliphatic hydroxyl groups excluding tert-OH is 2. The van der Waals surface area contributed by atoms with Crippen LogP contribution in [0.5, 0.6) is 23.0 Å². The van der Waals surface area contributed by atoms with Crippen molar-refractivity contribution in [3.8, 4) is 23.0 Å². The van der Waals surface area contributed by atoms with Gasteiger partial charge in [-0.05, 0) is 111 Å². The quantitative estimate of drug-likeness (QED) is 0.0623. The summed E-state index contributed by atoms with van der Waals surface area (Å²) in [6.07, 6.45) is 16.2. The third-order valence-electron chi connectivity index (χ3n) is 14.3. The molecule has 6 aliphatic rings. The molecule has 7 atom stereocenters. The van der Waals surface area contributed by atoms with Crippen molar-refractivity contribution in [1.29, 1.82) is 0 Å². The highest BCUT2D eigenvalue weighted by atomic mass is 16.8. The van der Waals surface area contributed by atoms with Gasteiger partial charge in [0.05, 0.1) is 24.8 Å². The van der Waals surface area contributed by atoms with Crippen LogP contribution in [-0.4, -0.2) is 90.7 Å². The fraction of sp³-hybridized carbons (Fsp3) is 0.627. The standard InChI is InChI=1S/C51H69N3O11/c1-3-26-62-51-45(54(46(57)23-19-34-13-5-6-14-34)32-35-18-21-43-44(28-35)61-33-60-43)31-41(53-65-47-17-9-12-27-59-47)39-29-36(15-7-10-24-55)38(16-8-11-25-56)48(49(39)51)40-30-37(20-22-42(40)64-51)63-50(58)52-4-2/h3,18,20-22,28-30,34,36,38,45,47-49,55-56H,1,4-17,19,23-27,31-33H2,2H3,(H,52,58). The molecular formula is C51H69N3O11. The number of aliphatic hydroxyl groups is 2. The van der Waals surface area contributed by atoms with Crippen molar-refractivity contribution in [3.05, 3.63) is 71.8 Å². The molecular weight excluding hydrogens is 831 g/mol. The Labute approximate surface area is 383 Å². The van der Waals surface area contributed by atoms with Crippen molar-refractivity contribution in [1.82, 2.24) is 10.2 Å².